The number of amides is 1. The summed E-state index contributed by atoms with van der Waals surface area (Å²) in [5.74, 6) is 0. The van der Waals surface area contributed by atoms with Gasteiger partial charge in [0.2, 0.25) is 0 Å². The third-order valence-electron chi connectivity index (χ3n) is 4.41. The number of aromatic amines is 1. The van der Waals surface area contributed by atoms with Crippen LogP contribution in [-0.4, -0.2) is 33.6 Å². The average molecular weight is 277 g/mol. The summed E-state index contributed by atoms with van der Waals surface area (Å²) in [6.45, 7) is 2.87. The topological polar surface area (TPSA) is 58.2 Å². The van der Waals surface area contributed by atoms with E-state index in [1.807, 2.05) is 4.90 Å². The van der Waals surface area contributed by atoms with Crippen LogP contribution >= 0.6 is 0 Å². The van der Waals surface area contributed by atoms with Gasteiger partial charge in [-0.15, -0.1) is 0 Å². The third kappa shape index (κ3) is 2.53. The molecule has 1 amide bonds. The SMILES string of the molecule is CCCC1c2nc[nH]c2CCN1C(=O)OC1CCCC1. The van der Waals surface area contributed by atoms with Crippen LogP contribution in [0.25, 0.3) is 0 Å². The summed E-state index contributed by atoms with van der Waals surface area (Å²) in [6, 6.07) is 0.0731. The summed E-state index contributed by atoms with van der Waals surface area (Å²) in [6.07, 6.45) is 8.93. The van der Waals surface area contributed by atoms with Gasteiger partial charge in [0, 0.05) is 18.7 Å². The van der Waals surface area contributed by atoms with Crippen LogP contribution in [0.15, 0.2) is 6.33 Å². The van der Waals surface area contributed by atoms with Crippen molar-refractivity contribution < 1.29 is 9.53 Å². The van der Waals surface area contributed by atoms with Crippen LogP contribution in [-0.2, 0) is 11.2 Å². The maximum atomic E-state index is 12.4. The fourth-order valence-electron chi connectivity index (χ4n) is 3.36. The monoisotopic (exact) mass is 277 g/mol. The number of carbonyl (C=O) groups is 1. The molecule has 5 nitrogen and oxygen atoms in total. The van der Waals surface area contributed by atoms with Gasteiger partial charge in [-0.3, -0.25) is 4.90 Å². The van der Waals surface area contributed by atoms with Crippen molar-refractivity contribution in [3.05, 3.63) is 17.7 Å². The maximum Gasteiger partial charge on any atom is 0.410 e. The molecule has 0 spiro atoms. The van der Waals surface area contributed by atoms with E-state index in [2.05, 4.69) is 16.9 Å². The van der Waals surface area contributed by atoms with Crippen molar-refractivity contribution >= 4 is 6.09 Å². The molecular formula is C15H23N3O2. The van der Waals surface area contributed by atoms with E-state index < -0.39 is 0 Å². The van der Waals surface area contributed by atoms with Crippen LogP contribution < -0.4 is 0 Å². The number of nitrogens with one attached hydrogen (secondary N) is 1. The Balaban J connectivity index is 1.72. The first-order chi connectivity index (χ1) is 9.79. The molecule has 1 aliphatic heterocycles. The average Bonchev–Trinajstić information content (AvgIpc) is 3.09. The number of aromatic nitrogens is 2. The predicted molar refractivity (Wildman–Crippen MR) is 75.4 cm³/mol. The zero-order valence-corrected chi connectivity index (χ0v) is 12.1. The van der Waals surface area contributed by atoms with Crippen molar-refractivity contribution in [3.63, 3.8) is 0 Å². The minimum atomic E-state index is -0.149. The lowest BCUT2D eigenvalue weighted by Gasteiger charge is -2.34. The molecule has 3 rings (SSSR count). The van der Waals surface area contributed by atoms with E-state index in [4.69, 9.17) is 4.74 Å². The molecule has 0 saturated heterocycles. The van der Waals surface area contributed by atoms with E-state index in [9.17, 15) is 4.79 Å². The van der Waals surface area contributed by atoms with Crippen molar-refractivity contribution in [2.75, 3.05) is 6.54 Å². The molecule has 1 unspecified atom stereocenters. The molecule has 1 N–H and O–H groups in total. The highest BCUT2D eigenvalue weighted by Gasteiger charge is 2.34. The number of hydrogen-bond donors (Lipinski definition) is 1. The van der Waals surface area contributed by atoms with Crippen LogP contribution in [0.3, 0.4) is 0 Å². The maximum absolute atomic E-state index is 12.4. The summed E-state index contributed by atoms with van der Waals surface area (Å²) < 4.78 is 5.67. The van der Waals surface area contributed by atoms with E-state index in [1.54, 1.807) is 6.33 Å². The highest BCUT2D eigenvalue weighted by atomic mass is 16.6. The Labute approximate surface area is 119 Å². The second-order valence-electron chi connectivity index (χ2n) is 5.80. The van der Waals surface area contributed by atoms with Crippen molar-refractivity contribution in [1.82, 2.24) is 14.9 Å². The van der Waals surface area contributed by atoms with Gasteiger partial charge in [0.15, 0.2) is 0 Å². The smallest absolute Gasteiger partial charge is 0.410 e. The van der Waals surface area contributed by atoms with Gasteiger partial charge in [0.25, 0.3) is 0 Å². The number of carbonyl (C=O) groups excluding carboxylic acids is 1. The van der Waals surface area contributed by atoms with Crippen LogP contribution in [0.2, 0.25) is 0 Å². The summed E-state index contributed by atoms with van der Waals surface area (Å²) in [5, 5.41) is 0. The summed E-state index contributed by atoms with van der Waals surface area (Å²) >= 11 is 0. The summed E-state index contributed by atoms with van der Waals surface area (Å²) in [7, 11) is 0. The number of hydrogen-bond acceptors (Lipinski definition) is 3. The Kier molecular flexibility index (Phi) is 3.94. The standard InChI is InChI=1S/C15H23N3O2/c1-2-5-13-14-12(16-10-17-14)8-9-18(13)15(19)20-11-6-3-4-7-11/h10-11,13H,2-9H2,1H3,(H,16,17). The van der Waals surface area contributed by atoms with E-state index >= 15 is 0 Å². The molecule has 110 valence electrons. The van der Waals surface area contributed by atoms with Crippen molar-refractivity contribution in [2.24, 2.45) is 0 Å². The molecular weight excluding hydrogens is 254 g/mol. The number of H-pyrrole nitrogens is 1. The number of nitrogens with zero attached hydrogens (tertiary/aromatic N) is 2. The fourth-order valence-corrected chi connectivity index (χ4v) is 3.36. The number of ether oxygens (including phenoxy) is 1. The molecule has 0 aromatic carbocycles. The zero-order chi connectivity index (χ0) is 13.9. The Hall–Kier alpha value is -1.52. The van der Waals surface area contributed by atoms with E-state index in [0.29, 0.717) is 0 Å². The van der Waals surface area contributed by atoms with Gasteiger partial charge < -0.3 is 9.72 Å². The number of rotatable bonds is 3. The first-order valence-electron chi connectivity index (χ1n) is 7.79. The molecule has 2 heterocycles. The fraction of sp³-hybridized carbons (Fsp3) is 0.733. The molecule has 0 bridgehead atoms. The van der Waals surface area contributed by atoms with Gasteiger partial charge in [-0.25, -0.2) is 9.78 Å². The van der Waals surface area contributed by atoms with Crippen molar-refractivity contribution in [3.8, 4) is 0 Å². The van der Waals surface area contributed by atoms with Crippen LogP contribution in [0, 0.1) is 0 Å². The van der Waals surface area contributed by atoms with Crippen LogP contribution in [0.4, 0.5) is 4.79 Å². The lowest BCUT2D eigenvalue weighted by atomic mass is 9.99. The normalized spacial score (nSPS) is 22.9. The molecule has 1 atom stereocenters. The quantitative estimate of drug-likeness (QED) is 0.923. The lowest BCUT2D eigenvalue weighted by Crippen LogP contribution is -2.41. The third-order valence-corrected chi connectivity index (χ3v) is 4.41. The van der Waals surface area contributed by atoms with Gasteiger partial charge in [-0.1, -0.05) is 13.3 Å². The number of fused-ring (bicyclic) bond motifs is 1. The minimum absolute atomic E-state index is 0.0731. The van der Waals surface area contributed by atoms with Crippen LogP contribution in [0.1, 0.15) is 62.9 Å². The van der Waals surface area contributed by atoms with E-state index in [0.717, 1.165) is 44.3 Å². The first-order valence-corrected chi connectivity index (χ1v) is 7.79. The molecule has 2 aliphatic rings. The van der Waals surface area contributed by atoms with E-state index in [-0.39, 0.29) is 18.2 Å². The van der Waals surface area contributed by atoms with E-state index in [1.165, 1.54) is 18.5 Å². The largest absolute Gasteiger partial charge is 0.446 e. The lowest BCUT2D eigenvalue weighted by molar-refractivity contribution is 0.0480. The van der Waals surface area contributed by atoms with Crippen molar-refractivity contribution in [1.29, 1.82) is 0 Å². The van der Waals surface area contributed by atoms with Gasteiger partial charge in [0.05, 0.1) is 18.1 Å². The Morgan fingerprint density at radius 2 is 2.30 bits per heavy atom. The molecule has 1 aliphatic carbocycles. The second kappa shape index (κ2) is 5.85. The van der Waals surface area contributed by atoms with Crippen LogP contribution in [0.5, 0.6) is 0 Å². The minimum Gasteiger partial charge on any atom is -0.446 e. The van der Waals surface area contributed by atoms with Gasteiger partial charge >= 0.3 is 6.09 Å². The Morgan fingerprint density at radius 1 is 1.50 bits per heavy atom. The zero-order valence-electron chi connectivity index (χ0n) is 12.1. The Bertz CT molecular complexity index is 465. The van der Waals surface area contributed by atoms with Gasteiger partial charge in [0.1, 0.15) is 6.10 Å². The summed E-state index contributed by atoms with van der Waals surface area (Å²) in [4.78, 5) is 21.9. The highest BCUT2D eigenvalue weighted by molar-refractivity contribution is 5.69. The summed E-state index contributed by atoms with van der Waals surface area (Å²) in [5.41, 5.74) is 2.20. The van der Waals surface area contributed by atoms with Gasteiger partial charge in [-0.05, 0) is 32.1 Å². The molecule has 1 fully saturated rings. The molecule has 5 heteroatoms. The van der Waals surface area contributed by atoms with Crippen molar-refractivity contribution in [2.45, 2.75) is 64.0 Å². The predicted octanol–water partition coefficient (Wildman–Crippen LogP) is 3.19. The highest BCUT2D eigenvalue weighted by Crippen LogP contribution is 2.32. The molecule has 1 aromatic heterocycles. The Morgan fingerprint density at radius 3 is 3.05 bits per heavy atom. The molecule has 1 aromatic rings. The molecule has 20 heavy (non-hydrogen) atoms. The van der Waals surface area contributed by atoms with Gasteiger partial charge in [-0.2, -0.15) is 0 Å². The second-order valence-corrected chi connectivity index (χ2v) is 5.80. The molecule has 0 radical (unpaired) electrons. The first kappa shape index (κ1) is 13.5. The molecule has 1 saturated carbocycles. The number of imidazole rings is 1.